The summed E-state index contributed by atoms with van der Waals surface area (Å²) in [5, 5.41) is 9.66. The minimum Gasteiger partial charge on any atom is -0.459 e. The Bertz CT molecular complexity index is 580. The van der Waals surface area contributed by atoms with Crippen molar-refractivity contribution in [2.24, 2.45) is 10.4 Å². The van der Waals surface area contributed by atoms with Crippen LogP contribution in [0.1, 0.15) is 61.6 Å². The molecule has 0 spiro atoms. The molecule has 3 N–H and O–H groups in total. The number of furan rings is 1. The zero-order valence-electron chi connectivity index (χ0n) is 16.2. The minimum atomic E-state index is -0.156. The Balaban J connectivity index is 0.00000338. The maximum Gasteiger partial charge on any atom is 0.287 e. The lowest BCUT2D eigenvalue weighted by molar-refractivity contribution is 0.0925. The zero-order valence-corrected chi connectivity index (χ0v) is 18.5. The Morgan fingerprint density at radius 1 is 1.23 bits per heavy atom. The van der Waals surface area contributed by atoms with E-state index in [1.165, 1.54) is 38.4 Å². The number of hydrogen-bond donors (Lipinski definition) is 3. The predicted octanol–water partition coefficient (Wildman–Crippen LogP) is 3.46. The number of aliphatic imine (C=N–C) groups is 1. The van der Waals surface area contributed by atoms with Crippen molar-refractivity contribution < 1.29 is 9.21 Å². The van der Waals surface area contributed by atoms with Crippen LogP contribution in [0, 0.1) is 12.3 Å². The highest BCUT2D eigenvalue weighted by Gasteiger charge is 2.31. The van der Waals surface area contributed by atoms with Gasteiger partial charge in [-0.25, -0.2) is 0 Å². The molecule has 0 radical (unpaired) electrons. The summed E-state index contributed by atoms with van der Waals surface area (Å²) in [6.07, 6.45) is 8.89. The molecule has 0 aromatic carbocycles. The number of aryl methyl sites for hydroxylation is 1. The monoisotopic (exact) mass is 476 g/mol. The first-order valence-electron chi connectivity index (χ1n) is 9.37. The topological polar surface area (TPSA) is 78.7 Å². The van der Waals surface area contributed by atoms with Crippen molar-refractivity contribution in [1.82, 2.24) is 16.0 Å². The third kappa shape index (κ3) is 6.48. The van der Waals surface area contributed by atoms with Crippen LogP contribution in [0.15, 0.2) is 21.7 Å². The van der Waals surface area contributed by atoms with Gasteiger partial charge in [-0.05, 0) is 44.1 Å². The van der Waals surface area contributed by atoms with Gasteiger partial charge in [-0.3, -0.25) is 9.79 Å². The fraction of sp³-hybridized carbons (Fsp3) is 0.684. The van der Waals surface area contributed by atoms with Gasteiger partial charge in [0.05, 0.1) is 6.26 Å². The molecule has 0 aliphatic heterocycles. The normalized spacial score (nSPS) is 16.0. The van der Waals surface area contributed by atoms with Crippen LogP contribution in [0.3, 0.4) is 0 Å². The number of halogens is 1. The van der Waals surface area contributed by atoms with E-state index in [0.29, 0.717) is 17.7 Å². The quantitative estimate of drug-likeness (QED) is 0.233. The van der Waals surface area contributed by atoms with Gasteiger partial charge >= 0.3 is 0 Å². The smallest absolute Gasteiger partial charge is 0.287 e. The standard InChI is InChI=1S/C19H32N4O2.HI/c1-4-19(9-5-6-10-19)14-23-18(20-3)22-12-7-11-21-17(24)16-15(2)8-13-25-16;/h8,13H,4-7,9-12,14H2,1-3H3,(H,21,24)(H2,20,22,23);1H. The number of carbonyl (C=O) groups excluding carboxylic acids is 1. The number of carbonyl (C=O) groups is 1. The molecule has 1 aliphatic carbocycles. The Hall–Kier alpha value is -1.25. The maximum absolute atomic E-state index is 11.9. The molecule has 6 nitrogen and oxygen atoms in total. The predicted molar refractivity (Wildman–Crippen MR) is 116 cm³/mol. The molecule has 1 aliphatic rings. The summed E-state index contributed by atoms with van der Waals surface area (Å²) in [7, 11) is 1.80. The molecule has 1 saturated carbocycles. The molecule has 148 valence electrons. The van der Waals surface area contributed by atoms with E-state index in [2.05, 4.69) is 27.9 Å². The number of guanidine groups is 1. The molecule has 2 rings (SSSR count). The second-order valence-electron chi connectivity index (χ2n) is 6.96. The Morgan fingerprint density at radius 2 is 1.92 bits per heavy atom. The van der Waals surface area contributed by atoms with Gasteiger partial charge in [-0.2, -0.15) is 0 Å². The van der Waals surface area contributed by atoms with E-state index in [0.717, 1.165) is 31.0 Å². The van der Waals surface area contributed by atoms with E-state index >= 15 is 0 Å². The van der Waals surface area contributed by atoms with Crippen molar-refractivity contribution in [2.45, 2.75) is 52.4 Å². The van der Waals surface area contributed by atoms with Gasteiger partial charge < -0.3 is 20.4 Å². The number of hydrogen-bond acceptors (Lipinski definition) is 3. The summed E-state index contributed by atoms with van der Waals surface area (Å²) >= 11 is 0. The Morgan fingerprint density at radius 3 is 2.50 bits per heavy atom. The van der Waals surface area contributed by atoms with Crippen LogP contribution in [-0.4, -0.2) is 38.5 Å². The summed E-state index contributed by atoms with van der Waals surface area (Å²) in [6.45, 7) is 6.49. The van der Waals surface area contributed by atoms with Gasteiger partial charge in [0.1, 0.15) is 0 Å². The van der Waals surface area contributed by atoms with Crippen LogP contribution in [0.25, 0.3) is 0 Å². The molecule has 1 fully saturated rings. The highest BCUT2D eigenvalue weighted by Crippen LogP contribution is 2.40. The van der Waals surface area contributed by atoms with Gasteiger partial charge in [0.25, 0.3) is 5.91 Å². The summed E-state index contributed by atoms with van der Waals surface area (Å²) < 4.78 is 5.18. The molecule has 1 amide bonds. The molecule has 0 saturated heterocycles. The first kappa shape index (κ1) is 22.8. The molecular weight excluding hydrogens is 443 g/mol. The average molecular weight is 476 g/mol. The van der Waals surface area contributed by atoms with Crippen molar-refractivity contribution in [3.8, 4) is 0 Å². The third-order valence-corrected chi connectivity index (χ3v) is 5.27. The van der Waals surface area contributed by atoms with E-state index in [-0.39, 0.29) is 29.9 Å². The van der Waals surface area contributed by atoms with E-state index in [1.54, 1.807) is 13.1 Å². The van der Waals surface area contributed by atoms with Crippen molar-refractivity contribution in [1.29, 1.82) is 0 Å². The van der Waals surface area contributed by atoms with Crippen molar-refractivity contribution >= 4 is 35.8 Å². The highest BCUT2D eigenvalue weighted by molar-refractivity contribution is 14.0. The van der Waals surface area contributed by atoms with Gasteiger partial charge in [0.2, 0.25) is 0 Å². The number of nitrogens with one attached hydrogen (secondary N) is 3. The van der Waals surface area contributed by atoms with E-state index < -0.39 is 0 Å². The molecule has 0 bridgehead atoms. The molecular formula is C19H33IN4O2. The molecule has 26 heavy (non-hydrogen) atoms. The first-order chi connectivity index (χ1) is 12.1. The second-order valence-corrected chi connectivity index (χ2v) is 6.96. The van der Waals surface area contributed by atoms with Gasteiger partial charge in [0, 0.05) is 32.2 Å². The number of nitrogens with zero attached hydrogens (tertiary/aromatic N) is 1. The van der Waals surface area contributed by atoms with Crippen LogP contribution in [0.5, 0.6) is 0 Å². The number of amides is 1. The molecule has 0 unspecified atom stereocenters. The van der Waals surface area contributed by atoms with Gasteiger partial charge in [0.15, 0.2) is 11.7 Å². The molecule has 7 heteroatoms. The fourth-order valence-corrected chi connectivity index (χ4v) is 3.45. The zero-order chi connectivity index (χ0) is 18.1. The van der Waals surface area contributed by atoms with Gasteiger partial charge in [-0.1, -0.05) is 19.8 Å². The van der Waals surface area contributed by atoms with Crippen LogP contribution in [0.4, 0.5) is 0 Å². The van der Waals surface area contributed by atoms with Crippen LogP contribution >= 0.6 is 24.0 Å². The summed E-state index contributed by atoms with van der Waals surface area (Å²) in [5.41, 5.74) is 1.30. The van der Waals surface area contributed by atoms with Crippen molar-refractivity contribution in [3.63, 3.8) is 0 Å². The summed E-state index contributed by atoms with van der Waals surface area (Å²) in [4.78, 5) is 16.2. The average Bonchev–Trinajstić information content (AvgIpc) is 3.26. The summed E-state index contributed by atoms with van der Waals surface area (Å²) in [6, 6.07) is 1.79. The van der Waals surface area contributed by atoms with Crippen molar-refractivity contribution in [3.05, 3.63) is 23.7 Å². The Labute approximate surface area is 174 Å². The summed E-state index contributed by atoms with van der Waals surface area (Å²) in [5.74, 6) is 1.08. The van der Waals surface area contributed by atoms with Crippen LogP contribution in [-0.2, 0) is 0 Å². The van der Waals surface area contributed by atoms with Crippen molar-refractivity contribution in [2.75, 3.05) is 26.7 Å². The lowest BCUT2D eigenvalue weighted by atomic mass is 9.83. The lowest BCUT2D eigenvalue weighted by Crippen LogP contribution is -2.43. The van der Waals surface area contributed by atoms with Gasteiger partial charge in [-0.15, -0.1) is 24.0 Å². The molecule has 0 atom stereocenters. The maximum atomic E-state index is 11.9. The Kier molecular flexibility index (Phi) is 10.0. The SMILES string of the molecule is CCC1(CNC(=NC)NCCCNC(=O)c2occc2C)CCCC1.I. The number of rotatable bonds is 8. The van der Waals surface area contributed by atoms with E-state index in [1.807, 2.05) is 6.92 Å². The lowest BCUT2D eigenvalue weighted by Gasteiger charge is -2.28. The first-order valence-corrected chi connectivity index (χ1v) is 9.37. The second kappa shape index (κ2) is 11.5. The minimum absolute atomic E-state index is 0. The van der Waals surface area contributed by atoms with Crippen LogP contribution in [0.2, 0.25) is 0 Å². The molecule has 1 aromatic heterocycles. The molecule has 1 heterocycles. The highest BCUT2D eigenvalue weighted by atomic mass is 127. The van der Waals surface area contributed by atoms with Crippen LogP contribution < -0.4 is 16.0 Å². The van der Waals surface area contributed by atoms with E-state index in [9.17, 15) is 4.79 Å². The largest absolute Gasteiger partial charge is 0.459 e. The molecule has 1 aromatic rings. The third-order valence-electron chi connectivity index (χ3n) is 5.27. The van der Waals surface area contributed by atoms with E-state index in [4.69, 9.17) is 4.42 Å². The fourth-order valence-electron chi connectivity index (χ4n) is 3.45.